The van der Waals surface area contributed by atoms with Gasteiger partial charge in [-0.3, -0.25) is 0 Å². The third-order valence-corrected chi connectivity index (χ3v) is 10.5. The molecule has 0 amide bonds. The van der Waals surface area contributed by atoms with E-state index in [2.05, 4.69) is 208 Å². The van der Waals surface area contributed by atoms with Crippen LogP contribution in [0.4, 0.5) is 0 Å². The number of allylic oxidation sites excluding steroid dienone is 5. The van der Waals surface area contributed by atoms with Gasteiger partial charge in [0.25, 0.3) is 0 Å². The second-order valence-electron chi connectivity index (χ2n) is 19.1. The average molecular weight is 804 g/mol. The van der Waals surface area contributed by atoms with E-state index in [1.54, 1.807) is 11.1 Å². The molecule has 1 aliphatic rings. The third kappa shape index (κ3) is 17.0. The highest BCUT2D eigenvalue weighted by Gasteiger charge is 2.47. The number of hydrogen-bond donors (Lipinski definition) is 1. The molecule has 1 heteroatoms. The van der Waals surface area contributed by atoms with Gasteiger partial charge in [-0.25, -0.2) is 0 Å². The Bertz CT molecular complexity index is 1800. The topological polar surface area (TPSA) is 26.0 Å². The Morgan fingerprint density at radius 3 is 1.36 bits per heavy atom. The van der Waals surface area contributed by atoms with Crippen molar-refractivity contribution in [2.24, 2.45) is 5.73 Å². The SMILES string of the molecule is C#C.C=CC(C)=C(C)C.C=Cc1ccccc1/C(C)=C\C.CC.CCC.CCN.Cc1c(C(C)(C)C)cc(C(C)(C)C)c(C)c1-c1c(C)c(C(C)(C)C)cc2c1C2(C)C. The van der Waals surface area contributed by atoms with Crippen molar-refractivity contribution in [3.63, 3.8) is 0 Å². The van der Waals surface area contributed by atoms with Crippen molar-refractivity contribution < 1.29 is 0 Å². The van der Waals surface area contributed by atoms with Crippen LogP contribution in [0.15, 0.2) is 72.9 Å². The van der Waals surface area contributed by atoms with Gasteiger partial charge in [0.15, 0.2) is 0 Å². The molecule has 0 unspecified atom stereocenters. The highest BCUT2D eigenvalue weighted by molar-refractivity contribution is 5.87. The van der Waals surface area contributed by atoms with Gasteiger partial charge >= 0.3 is 0 Å². The minimum Gasteiger partial charge on any atom is -0.331 e. The fraction of sp³-hybridized carbons (Fsp3) is 0.517. The van der Waals surface area contributed by atoms with Gasteiger partial charge in [0.05, 0.1) is 0 Å². The average Bonchev–Trinajstić information content (AvgIpc) is 3.71. The summed E-state index contributed by atoms with van der Waals surface area (Å²) in [5.74, 6) is 0. The van der Waals surface area contributed by atoms with Gasteiger partial charge in [0.2, 0.25) is 0 Å². The van der Waals surface area contributed by atoms with Crippen molar-refractivity contribution in [3.05, 3.63) is 128 Å². The standard InChI is InChI=1S/C30H44.C12H14.C7H12.C3H8.C2H7N.C2H6.C2H2/c1-17-20(27(4,5)6)15-21(28(7,8)9)18(2)24(17)25-19(3)22(29(10,11)12)16-23-26(25)30(23,13)14;1-4-10(3)12-9-7-6-8-11(12)5-2;1-5-7(4)6(2)3;1-3-2;1-2-3;2*1-2/h15-16H,1-14H3;4-9H,2H2,1,3H3;5H,1H2,2-4H3;3H2,1-2H3;2-3H2,1H3;1-2H3;1-2H/b;10-4-;;;;;. The summed E-state index contributed by atoms with van der Waals surface area (Å²) >= 11 is 0. The van der Waals surface area contributed by atoms with Gasteiger partial charge in [-0.2, -0.15) is 0 Å². The summed E-state index contributed by atoms with van der Waals surface area (Å²) in [6.07, 6.45) is 15.1. The first-order valence-corrected chi connectivity index (χ1v) is 22.1. The first-order valence-electron chi connectivity index (χ1n) is 22.1. The van der Waals surface area contributed by atoms with Gasteiger partial charge < -0.3 is 5.73 Å². The summed E-state index contributed by atoms with van der Waals surface area (Å²) in [6, 6.07) is 13.3. The van der Waals surface area contributed by atoms with E-state index >= 15 is 0 Å². The molecular weight excluding hydrogens is 711 g/mol. The van der Waals surface area contributed by atoms with Crippen LogP contribution in [-0.2, 0) is 21.7 Å². The molecule has 59 heavy (non-hydrogen) atoms. The molecule has 330 valence electrons. The van der Waals surface area contributed by atoms with Crippen LogP contribution in [0.2, 0.25) is 0 Å². The molecule has 0 fully saturated rings. The summed E-state index contributed by atoms with van der Waals surface area (Å²) in [5, 5.41) is 0. The summed E-state index contributed by atoms with van der Waals surface area (Å²) in [6.45, 7) is 61.8. The highest BCUT2D eigenvalue weighted by Crippen LogP contribution is 2.58. The van der Waals surface area contributed by atoms with Crippen LogP contribution < -0.4 is 5.73 Å². The zero-order chi connectivity index (χ0) is 47.4. The second kappa shape index (κ2) is 26.4. The molecule has 1 nitrogen and oxygen atoms in total. The molecule has 0 aromatic heterocycles. The molecule has 2 N–H and O–H groups in total. The van der Waals surface area contributed by atoms with Crippen molar-refractivity contribution >= 4 is 11.6 Å². The number of fused-ring (bicyclic) bond motifs is 1. The predicted octanol–water partition coefficient (Wildman–Crippen LogP) is 17.7. The summed E-state index contributed by atoms with van der Waals surface area (Å²) in [4.78, 5) is 0. The molecule has 3 aromatic carbocycles. The van der Waals surface area contributed by atoms with Crippen molar-refractivity contribution in [2.75, 3.05) is 6.54 Å². The van der Waals surface area contributed by atoms with Gasteiger partial charge in [-0.1, -0.05) is 196 Å². The fourth-order valence-electron chi connectivity index (χ4n) is 7.10. The van der Waals surface area contributed by atoms with E-state index in [9.17, 15) is 0 Å². The first-order chi connectivity index (χ1) is 27.1. The van der Waals surface area contributed by atoms with E-state index in [1.807, 2.05) is 39.0 Å². The lowest BCUT2D eigenvalue weighted by Gasteiger charge is -2.32. The molecule has 0 saturated heterocycles. The highest BCUT2D eigenvalue weighted by atomic mass is 14.5. The maximum atomic E-state index is 4.85. The van der Waals surface area contributed by atoms with Crippen LogP contribution in [-0.4, -0.2) is 6.54 Å². The van der Waals surface area contributed by atoms with Crippen molar-refractivity contribution in [1.82, 2.24) is 0 Å². The van der Waals surface area contributed by atoms with Crippen LogP contribution in [0.1, 0.15) is 207 Å². The smallest absolute Gasteiger partial charge is 0.0159 e. The molecule has 1 aliphatic carbocycles. The third-order valence-electron chi connectivity index (χ3n) is 10.5. The van der Waals surface area contributed by atoms with Crippen LogP contribution >= 0.6 is 0 Å². The lowest BCUT2D eigenvalue weighted by molar-refractivity contribution is 0.563. The lowest BCUT2D eigenvalue weighted by Crippen LogP contribution is -2.20. The van der Waals surface area contributed by atoms with Gasteiger partial charge in [-0.15, -0.1) is 12.8 Å². The van der Waals surface area contributed by atoms with E-state index in [0.717, 1.165) is 6.54 Å². The maximum absolute atomic E-state index is 4.85. The lowest BCUT2D eigenvalue weighted by atomic mass is 9.72. The molecule has 0 spiro atoms. The number of rotatable bonds is 4. The molecule has 0 radical (unpaired) electrons. The van der Waals surface area contributed by atoms with Crippen LogP contribution in [0.5, 0.6) is 0 Å². The van der Waals surface area contributed by atoms with E-state index in [-0.39, 0.29) is 21.7 Å². The maximum Gasteiger partial charge on any atom is 0.0159 e. The Morgan fingerprint density at radius 1 is 0.695 bits per heavy atom. The number of hydrogen-bond acceptors (Lipinski definition) is 1. The van der Waals surface area contributed by atoms with Crippen LogP contribution in [0, 0.1) is 33.6 Å². The summed E-state index contributed by atoms with van der Waals surface area (Å²) in [7, 11) is 0. The largest absolute Gasteiger partial charge is 0.331 e. The minimum atomic E-state index is 0.120. The molecule has 0 heterocycles. The summed E-state index contributed by atoms with van der Waals surface area (Å²) < 4.78 is 0. The number of terminal acetylenes is 1. The Hall–Kier alpha value is -3.86. The van der Waals surface area contributed by atoms with Crippen molar-refractivity contribution in [2.45, 2.75) is 194 Å². The summed E-state index contributed by atoms with van der Waals surface area (Å²) in [5.41, 5.74) is 26.8. The molecule has 3 aromatic rings. The van der Waals surface area contributed by atoms with Crippen LogP contribution in [0.25, 0.3) is 22.8 Å². The molecule has 0 atom stereocenters. The predicted molar refractivity (Wildman–Crippen MR) is 276 cm³/mol. The zero-order valence-corrected chi connectivity index (χ0v) is 43.3. The van der Waals surface area contributed by atoms with Crippen molar-refractivity contribution in [3.8, 4) is 24.0 Å². The molecule has 0 saturated carbocycles. The molecule has 0 aliphatic heterocycles. The minimum absolute atomic E-state index is 0.120. The Morgan fingerprint density at radius 2 is 1.05 bits per heavy atom. The molecule has 0 bridgehead atoms. The number of nitrogens with two attached hydrogens (primary N) is 1. The molecule has 4 rings (SSSR count). The normalized spacial score (nSPS) is 12.1. The van der Waals surface area contributed by atoms with Gasteiger partial charge in [0, 0.05) is 5.41 Å². The number of benzene rings is 3. The van der Waals surface area contributed by atoms with Crippen molar-refractivity contribution in [1.29, 1.82) is 0 Å². The van der Waals surface area contributed by atoms with E-state index < -0.39 is 0 Å². The monoisotopic (exact) mass is 804 g/mol. The van der Waals surface area contributed by atoms with E-state index in [1.165, 1.54) is 78.8 Å². The quantitative estimate of drug-likeness (QED) is 0.206. The van der Waals surface area contributed by atoms with Gasteiger partial charge in [-0.05, 0) is 151 Å². The Kier molecular flexibility index (Phi) is 26.6. The van der Waals surface area contributed by atoms with Crippen LogP contribution in [0.3, 0.4) is 0 Å². The first kappa shape index (κ1) is 59.5. The Labute approximate surface area is 369 Å². The van der Waals surface area contributed by atoms with Gasteiger partial charge in [0.1, 0.15) is 0 Å². The van der Waals surface area contributed by atoms with E-state index in [4.69, 9.17) is 5.73 Å². The Balaban J connectivity index is -0.000000885. The fourth-order valence-corrected chi connectivity index (χ4v) is 7.10. The van der Waals surface area contributed by atoms with E-state index in [0.29, 0.717) is 0 Å². The molecular formula is C58H93N. The second-order valence-corrected chi connectivity index (χ2v) is 19.1. The zero-order valence-electron chi connectivity index (χ0n) is 43.3.